The van der Waals surface area contributed by atoms with Gasteiger partial charge in [-0.05, 0) is 29.8 Å². The van der Waals surface area contributed by atoms with Gasteiger partial charge >= 0.3 is 0 Å². The zero-order valence-electron chi connectivity index (χ0n) is 12.8. The van der Waals surface area contributed by atoms with E-state index in [9.17, 15) is 17.2 Å². The van der Waals surface area contributed by atoms with Gasteiger partial charge in [0.2, 0.25) is 10.0 Å². The van der Waals surface area contributed by atoms with Crippen molar-refractivity contribution in [2.75, 3.05) is 20.3 Å². The van der Waals surface area contributed by atoms with Crippen LogP contribution < -0.4 is 9.47 Å². The van der Waals surface area contributed by atoms with Crippen molar-refractivity contribution < 1.29 is 26.7 Å². The highest BCUT2D eigenvalue weighted by molar-refractivity contribution is 7.89. The summed E-state index contributed by atoms with van der Waals surface area (Å²) in [6.45, 7) is 0.913. The quantitative estimate of drug-likeness (QED) is 0.846. The Morgan fingerprint density at radius 2 is 1.62 bits per heavy atom. The van der Waals surface area contributed by atoms with E-state index in [-0.39, 0.29) is 6.54 Å². The molecule has 0 amide bonds. The van der Waals surface area contributed by atoms with Gasteiger partial charge in [-0.2, -0.15) is 4.31 Å². The van der Waals surface area contributed by atoms with Crippen molar-refractivity contribution in [1.29, 1.82) is 0 Å². The lowest BCUT2D eigenvalue weighted by Gasteiger charge is -2.21. The number of fused-ring (bicyclic) bond motifs is 1. The molecule has 0 bridgehead atoms. The summed E-state index contributed by atoms with van der Waals surface area (Å²) in [6, 6.07) is 7.31. The normalized spacial score (nSPS) is 14.0. The van der Waals surface area contributed by atoms with E-state index in [0.717, 1.165) is 16.4 Å². The largest absolute Gasteiger partial charge is 0.486 e. The molecule has 3 rings (SSSR count). The Morgan fingerprint density at radius 1 is 1.00 bits per heavy atom. The maximum Gasteiger partial charge on any atom is 0.243 e. The molecule has 0 saturated carbocycles. The van der Waals surface area contributed by atoms with Gasteiger partial charge in [0.15, 0.2) is 11.5 Å². The predicted molar refractivity (Wildman–Crippen MR) is 82.4 cm³/mol. The average Bonchev–Trinajstić information content (AvgIpc) is 2.53. The maximum atomic E-state index is 13.3. The molecule has 1 aliphatic rings. The number of sulfonamides is 1. The summed E-state index contributed by atoms with van der Waals surface area (Å²) in [7, 11) is -2.68. The van der Waals surface area contributed by atoms with Crippen LogP contribution in [-0.4, -0.2) is 33.0 Å². The highest BCUT2D eigenvalue weighted by Crippen LogP contribution is 2.31. The van der Waals surface area contributed by atoms with Gasteiger partial charge in [-0.1, -0.05) is 6.07 Å². The molecule has 0 unspecified atom stereocenters. The predicted octanol–water partition coefficient (Wildman–Crippen LogP) is 2.56. The molecule has 24 heavy (non-hydrogen) atoms. The number of hydrogen-bond acceptors (Lipinski definition) is 4. The van der Waals surface area contributed by atoms with E-state index in [4.69, 9.17) is 9.47 Å². The monoisotopic (exact) mass is 355 g/mol. The Morgan fingerprint density at radius 3 is 2.29 bits per heavy atom. The zero-order chi connectivity index (χ0) is 17.3. The first kappa shape index (κ1) is 16.7. The second-order valence-electron chi connectivity index (χ2n) is 5.34. The molecule has 0 aromatic heterocycles. The van der Waals surface area contributed by atoms with E-state index in [0.29, 0.717) is 36.3 Å². The third kappa shape index (κ3) is 3.34. The summed E-state index contributed by atoms with van der Waals surface area (Å²) in [6.07, 6.45) is 0. The number of hydrogen-bond donors (Lipinski definition) is 0. The second-order valence-corrected chi connectivity index (χ2v) is 7.39. The minimum Gasteiger partial charge on any atom is -0.486 e. The lowest BCUT2D eigenvalue weighted by Crippen LogP contribution is -2.27. The molecule has 8 heteroatoms. The van der Waals surface area contributed by atoms with E-state index in [1.165, 1.54) is 7.05 Å². The summed E-state index contributed by atoms with van der Waals surface area (Å²) in [5.41, 5.74) is 0.669. The molecule has 2 aromatic rings. The average molecular weight is 355 g/mol. The lowest BCUT2D eigenvalue weighted by molar-refractivity contribution is 0.171. The highest BCUT2D eigenvalue weighted by atomic mass is 32.2. The molecule has 5 nitrogen and oxygen atoms in total. The third-order valence-electron chi connectivity index (χ3n) is 3.56. The minimum atomic E-state index is -4.02. The molecule has 0 radical (unpaired) electrons. The molecule has 0 atom stereocenters. The minimum absolute atomic E-state index is 0.0249. The van der Waals surface area contributed by atoms with Gasteiger partial charge < -0.3 is 9.47 Å². The van der Waals surface area contributed by atoms with Crippen molar-refractivity contribution in [3.8, 4) is 11.5 Å². The molecule has 1 aliphatic heterocycles. The number of ether oxygens (including phenoxy) is 2. The zero-order valence-corrected chi connectivity index (χ0v) is 13.6. The lowest BCUT2D eigenvalue weighted by atomic mass is 10.2. The number of rotatable bonds is 4. The van der Waals surface area contributed by atoms with Crippen LogP contribution in [0.3, 0.4) is 0 Å². The molecule has 0 spiro atoms. The van der Waals surface area contributed by atoms with E-state index >= 15 is 0 Å². The SMILES string of the molecule is CN(Cc1ccc2c(c1)OCCO2)S(=O)(=O)c1cc(F)cc(F)c1. The summed E-state index contributed by atoms with van der Waals surface area (Å²) >= 11 is 0. The number of nitrogens with zero attached hydrogens (tertiary/aromatic N) is 1. The molecular formula is C16H15F2NO4S. The van der Waals surface area contributed by atoms with Crippen molar-refractivity contribution in [2.24, 2.45) is 0 Å². The highest BCUT2D eigenvalue weighted by Gasteiger charge is 2.23. The Balaban J connectivity index is 1.84. The van der Waals surface area contributed by atoms with Crippen LogP contribution in [0.25, 0.3) is 0 Å². The van der Waals surface area contributed by atoms with Crippen molar-refractivity contribution in [2.45, 2.75) is 11.4 Å². The van der Waals surface area contributed by atoms with E-state index in [1.54, 1.807) is 18.2 Å². The third-order valence-corrected chi connectivity index (χ3v) is 5.34. The first-order chi connectivity index (χ1) is 11.4. The van der Waals surface area contributed by atoms with Crippen LogP contribution in [0.2, 0.25) is 0 Å². The van der Waals surface area contributed by atoms with Gasteiger partial charge in [0, 0.05) is 19.7 Å². The van der Waals surface area contributed by atoms with Gasteiger partial charge in [-0.15, -0.1) is 0 Å². The van der Waals surface area contributed by atoms with Gasteiger partial charge in [-0.3, -0.25) is 0 Å². The molecule has 0 saturated heterocycles. The fourth-order valence-corrected chi connectivity index (χ4v) is 3.59. The van der Waals surface area contributed by atoms with Gasteiger partial charge in [0.1, 0.15) is 24.8 Å². The molecule has 2 aromatic carbocycles. The first-order valence-corrected chi connectivity index (χ1v) is 8.61. The van der Waals surface area contributed by atoms with Crippen molar-refractivity contribution in [3.63, 3.8) is 0 Å². The number of benzene rings is 2. The summed E-state index contributed by atoms with van der Waals surface area (Å²) < 4.78 is 63.4. The fraction of sp³-hybridized carbons (Fsp3) is 0.250. The Bertz CT molecular complexity index is 850. The van der Waals surface area contributed by atoms with Crippen LogP contribution in [-0.2, 0) is 16.6 Å². The van der Waals surface area contributed by atoms with Crippen molar-refractivity contribution in [3.05, 3.63) is 53.6 Å². The van der Waals surface area contributed by atoms with Gasteiger partial charge in [-0.25, -0.2) is 17.2 Å². The summed E-state index contributed by atoms with van der Waals surface area (Å²) in [4.78, 5) is -0.431. The summed E-state index contributed by atoms with van der Waals surface area (Å²) in [5.74, 6) is -0.744. The Hall–Kier alpha value is -2.19. The second kappa shape index (κ2) is 6.37. The Labute approximate surface area is 138 Å². The smallest absolute Gasteiger partial charge is 0.243 e. The summed E-state index contributed by atoms with van der Waals surface area (Å²) in [5, 5.41) is 0. The van der Waals surface area contributed by atoms with E-state index in [1.807, 2.05) is 0 Å². The standard InChI is InChI=1S/C16H15F2NO4S/c1-19(24(20,21)14-8-12(17)7-13(18)9-14)10-11-2-3-15-16(6-11)23-5-4-22-15/h2-3,6-9H,4-5,10H2,1H3. The Kier molecular flexibility index (Phi) is 4.42. The topological polar surface area (TPSA) is 55.8 Å². The van der Waals surface area contributed by atoms with Gasteiger partial charge in [0.05, 0.1) is 4.90 Å². The van der Waals surface area contributed by atoms with Crippen LogP contribution >= 0.6 is 0 Å². The van der Waals surface area contributed by atoms with E-state index in [2.05, 4.69) is 0 Å². The number of halogens is 2. The molecule has 0 aliphatic carbocycles. The molecule has 0 N–H and O–H groups in total. The maximum absolute atomic E-state index is 13.3. The van der Waals surface area contributed by atoms with Crippen LogP contribution in [0.4, 0.5) is 8.78 Å². The van der Waals surface area contributed by atoms with Crippen LogP contribution in [0.1, 0.15) is 5.56 Å². The molecular weight excluding hydrogens is 340 g/mol. The molecule has 0 fully saturated rings. The van der Waals surface area contributed by atoms with Crippen LogP contribution in [0.5, 0.6) is 11.5 Å². The van der Waals surface area contributed by atoms with E-state index < -0.39 is 26.6 Å². The molecule has 128 valence electrons. The van der Waals surface area contributed by atoms with Gasteiger partial charge in [0.25, 0.3) is 0 Å². The first-order valence-electron chi connectivity index (χ1n) is 7.17. The van der Waals surface area contributed by atoms with Crippen LogP contribution in [0, 0.1) is 11.6 Å². The molecule has 1 heterocycles. The van der Waals surface area contributed by atoms with Crippen molar-refractivity contribution >= 4 is 10.0 Å². The van der Waals surface area contributed by atoms with Crippen molar-refractivity contribution in [1.82, 2.24) is 4.31 Å². The van der Waals surface area contributed by atoms with Crippen LogP contribution in [0.15, 0.2) is 41.3 Å². The fourth-order valence-electron chi connectivity index (χ4n) is 2.39.